The van der Waals surface area contributed by atoms with Crippen molar-refractivity contribution in [2.24, 2.45) is 11.8 Å². The SMILES string of the molecule is CC(C)Cc1sc2cncn2c1C(O)CC1CCCCC1. The lowest BCUT2D eigenvalue weighted by Crippen LogP contribution is -2.13. The van der Waals surface area contributed by atoms with E-state index in [-0.39, 0.29) is 6.10 Å². The molecule has 1 atom stereocenters. The summed E-state index contributed by atoms with van der Waals surface area (Å²) >= 11 is 1.79. The molecule has 2 aromatic rings. The maximum absolute atomic E-state index is 10.8. The lowest BCUT2D eigenvalue weighted by molar-refractivity contribution is 0.126. The quantitative estimate of drug-likeness (QED) is 0.876. The number of hydrogen-bond acceptors (Lipinski definition) is 3. The Hall–Kier alpha value is -0.870. The van der Waals surface area contributed by atoms with Crippen LogP contribution in [-0.2, 0) is 6.42 Å². The van der Waals surface area contributed by atoms with Crippen molar-refractivity contribution < 1.29 is 5.11 Å². The van der Waals surface area contributed by atoms with Gasteiger partial charge in [-0.05, 0) is 24.7 Å². The molecule has 116 valence electrons. The van der Waals surface area contributed by atoms with Crippen molar-refractivity contribution in [3.8, 4) is 0 Å². The summed E-state index contributed by atoms with van der Waals surface area (Å²) in [4.78, 5) is 6.73. The van der Waals surface area contributed by atoms with Gasteiger partial charge in [0.2, 0.25) is 0 Å². The summed E-state index contributed by atoms with van der Waals surface area (Å²) in [6, 6.07) is 0. The maximum Gasteiger partial charge on any atom is 0.120 e. The highest BCUT2D eigenvalue weighted by molar-refractivity contribution is 7.17. The minimum absolute atomic E-state index is 0.343. The minimum Gasteiger partial charge on any atom is -0.387 e. The van der Waals surface area contributed by atoms with Crippen LogP contribution in [0.15, 0.2) is 12.5 Å². The van der Waals surface area contributed by atoms with Crippen LogP contribution < -0.4 is 0 Å². The molecule has 4 heteroatoms. The van der Waals surface area contributed by atoms with Crippen LogP contribution in [0.5, 0.6) is 0 Å². The highest BCUT2D eigenvalue weighted by atomic mass is 32.1. The van der Waals surface area contributed by atoms with Gasteiger partial charge in [-0.2, -0.15) is 0 Å². The highest BCUT2D eigenvalue weighted by Crippen LogP contribution is 2.36. The fraction of sp³-hybridized carbons (Fsp3) is 0.706. The molecule has 0 radical (unpaired) electrons. The Morgan fingerprint density at radius 1 is 1.33 bits per heavy atom. The predicted molar refractivity (Wildman–Crippen MR) is 87.8 cm³/mol. The molecular formula is C17H26N2OS. The topological polar surface area (TPSA) is 37.5 Å². The van der Waals surface area contributed by atoms with Gasteiger partial charge < -0.3 is 5.11 Å². The lowest BCUT2D eigenvalue weighted by atomic mass is 9.84. The van der Waals surface area contributed by atoms with Crippen LogP contribution in [0.2, 0.25) is 0 Å². The normalized spacial score (nSPS) is 18.7. The molecule has 1 unspecified atom stereocenters. The molecule has 2 aromatic heterocycles. The average Bonchev–Trinajstić information content (AvgIpc) is 2.99. The molecule has 0 aliphatic heterocycles. The van der Waals surface area contributed by atoms with E-state index >= 15 is 0 Å². The molecule has 1 aliphatic carbocycles. The predicted octanol–water partition coefficient (Wildman–Crippen LogP) is 4.60. The monoisotopic (exact) mass is 306 g/mol. The fourth-order valence-corrected chi connectivity index (χ4v) is 4.93. The van der Waals surface area contributed by atoms with Gasteiger partial charge in [0.1, 0.15) is 11.2 Å². The second-order valence-corrected chi connectivity index (χ2v) is 7.98. The third-order valence-electron chi connectivity index (χ3n) is 4.57. The van der Waals surface area contributed by atoms with Gasteiger partial charge >= 0.3 is 0 Å². The molecule has 1 N–H and O–H groups in total. The highest BCUT2D eigenvalue weighted by Gasteiger charge is 2.24. The molecule has 0 aromatic carbocycles. The third kappa shape index (κ3) is 3.32. The number of thiazole rings is 1. The number of fused-ring (bicyclic) bond motifs is 1. The van der Waals surface area contributed by atoms with Crippen molar-refractivity contribution in [1.82, 2.24) is 9.38 Å². The van der Waals surface area contributed by atoms with Crippen LogP contribution in [-0.4, -0.2) is 14.5 Å². The van der Waals surface area contributed by atoms with Gasteiger partial charge in [-0.15, -0.1) is 11.3 Å². The van der Waals surface area contributed by atoms with Gasteiger partial charge in [-0.3, -0.25) is 4.40 Å². The van der Waals surface area contributed by atoms with Crippen LogP contribution >= 0.6 is 11.3 Å². The Kier molecular flexibility index (Phi) is 4.65. The van der Waals surface area contributed by atoms with Gasteiger partial charge in [0.15, 0.2) is 0 Å². The summed E-state index contributed by atoms with van der Waals surface area (Å²) in [6.07, 6.45) is 12.0. The first kappa shape index (κ1) is 15.0. The number of aliphatic hydroxyl groups excluding tert-OH is 1. The number of nitrogens with zero attached hydrogens (tertiary/aromatic N) is 2. The van der Waals surface area contributed by atoms with Crippen molar-refractivity contribution in [1.29, 1.82) is 0 Å². The van der Waals surface area contributed by atoms with E-state index in [9.17, 15) is 5.11 Å². The van der Waals surface area contributed by atoms with E-state index in [2.05, 4.69) is 23.2 Å². The summed E-state index contributed by atoms with van der Waals surface area (Å²) in [6.45, 7) is 4.48. The molecule has 1 aliphatic rings. The number of imidazole rings is 1. The number of rotatable bonds is 5. The molecule has 0 bridgehead atoms. The van der Waals surface area contributed by atoms with Crippen molar-refractivity contribution in [3.63, 3.8) is 0 Å². The van der Waals surface area contributed by atoms with E-state index in [0.29, 0.717) is 11.8 Å². The summed E-state index contributed by atoms with van der Waals surface area (Å²) in [5.74, 6) is 1.31. The van der Waals surface area contributed by atoms with Crippen LogP contribution in [0.4, 0.5) is 0 Å². The van der Waals surface area contributed by atoms with Gasteiger partial charge in [0.25, 0.3) is 0 Å². The van der Waals surface area contributed by atoms with E-state index in [0.717, 1.165) is 23.4 Å². The molecule has 1 saturated carbocycles. The minimum atomic E-state index is -0.343. The summed E-state index contributed by atoms with van der Waals surface area (Å²) < 4.78 is 2.11. The zero-order valence-electron chi connectivity index (χ0n) is 13.1. The Balaban J connectivity index is 1.83. The van der Waals surface area contributed by atoms with Crippen molar-refractivity contribution in [2.75, 3.05) is 0 Å². The van der Waals surface area contributed by atoms with Gasteiger partial charge in [0, 0.05) is 4.88 Å². The second-order valence-electron chi connectivity index (χ2n) is 6.87. The molecule has 0 saturated heterocycles. The smallest absolute Gasteiger partial charge is 0.120 e. The van der Waals surface area contributed by atoms with Crippen molar-refractivity contribution in [2.45, 2.75) is 64.9 Å². The first-order valence-corrected chi connectivity index (χ1v) is 9.08. The Bertz CT molecular complexity index is 581. The average molecular weight is 306 g/mol. The largest absolute Gasteiger partial charge is 0.387 e. The Morgan fingerprint density at radius 2 is 2.10 bits per heavy atom. The maximum atomic E-state index is 10.8. The van der Waals surface area contributed by atoms with E-state index in [4.69, 9.17) is 0 Å². The van der Waals surface area contributed by atoms with Crippen LogP contribution in [0.25, 0.3) is 4.83 Å². The number of aromatic nitrogens is 2. The zero-order chi connectivity index (χ0) is 14.8. The van der Waals surface area contributed by atoms with E-state index in [1.165, 1.54) is 37.0 Å². The van der Waals surface area contributed by atoms with Crippen LogP contribution in [0, 0.1) is 11.8 Å². The molecule has 2 heterocycles. The lowest BCUT2D eigenvalue weighted by Gasteiger charge is -2.24. The van der Waals surface area contributed by atoms with Gasteiger partial charge in [0.05, 0.1) is 18.0 Å². The van der Waals surface area contributed by atoms with Gasteiger partial charge in [-0.1, -0.05) is 46.0 Å². The summed E-state index contributed by atoms with van der Waals surface area (Å²) in [5, 5.41) is 10.8. The van der Waals surface area contributed by atoms with Crippen LogP contribution in [0.1, 0.15) is 69.0 Å². The summed E-state index contributed by atoms with van der Waals surface area (Å²) in [7, 11) is 0. The molecular weight excluding hydrogens is 280 g/mol. The molecule has 0 spiro atoms. The number of hydrogen-bond donors (Lipinski definition) is 1. The van der Waals surface area contributed by atoms with E-state index < -0.39 is 0 Å². The van der Waals surface area contributed by atoms with Crippen molar-refractivity contribution in [3.05, 3.63) is 23.1 Å². The fourth-order valence-electron chi connectivity index (χ4n) is 3.57. The number of aliphatic hydroxyl groups is 1. The first-order valence-electron chi connectivity index (χ1n) is 8.27. The van der Waals surface area contributed by atoms with E-state index in [1.807, 2.05) is 12.5 Å². The molecule has 0 amide bonds. The van der Waals surface area contributed by atoms with E-state index in [1.54, 1.807) is 11.3 Å². The van der Waals surface area contributed by atoms with Crippen LogP contribution in [0.3, 0.4) is 0 Å². The summed E-state index contributed by atoms with van der Waals surface area (Å²) in [5.41, 5.74) is 1.10. The third-order valence-corrected chi connectivity index (χ3v) is 5.70. The Labute approximate surface area is 131 Å². The zero-order valence-corrected chi connectivity index (χ0v) is 13.9. The Morgan fingerprint density at radius 3 is 2.81 bits per heavy atom. The first-order chi connectivity index (χ1) is 10.1. The molecule has 21 heavy (non-hydrogen) atoms. The van der Waals surface area contributed by atoms with Crippen molar-refractivity contribution >= 4 is 16.2 Å². The van der Waals surface area contributed by atoms with Gasteiger partial charge in [-0.25, -0.2) is 4.98 Å². The molecule has 3 rings (SSSR count). The second kappa shape index (κ2) is 6.49. The molecule has 1 fully saturated rings. The molecule has 3 nitrogen and oxygen atoms in total. The standard InChI is InChI=1S/C17H26N2OS/c1-12(2)8-15-17(19-11-18-10-16(19)21-15)14(20)9-13-6-4-3-5-7-13/h10-14,20H,3-9H2,1-2H3.